The molecule has 0 aromatic heterocycles. The molecule has 7 heteroatoms. The lowest BCUT2D eigenvalue weighted by Crippen LogP contribution is -2.28. The smallest absolute Gasteiger partial charge is 0.234 e. The molecule has 1 aliphatic heterocycles. The minimum Gasteiger partial charge on any atom is -0.497 e. The predicted octanol–water partition coefficient (Wildman–Crippen LogP) is 5.18. The second-order valence-corrected chi connectivity index (χ2v) is 9.31. The number of para-hydroxylation sites is 1. The number of ether oxygens (including phenoxy) is 2. The summed E-state index contributed by atoms with van der Waals surface area (Å²) >= 11 is 1.44. The van der Waals surface area contributed by atoms with Gasteiger partial charge in [0.05, 0.1) is 25.7 Å². The summed E-state index contributed by atoms with van der Waals surface area (Å²) in [6.45, 7) is 2.28. The topological polar surface area (TPSA) is 72.3 Å². The molecule has 1 amide bonds. The maximum Gasteiger partial charge on any atom is 0.234 e. The van der Waals surface area contributed by atoms with E-state index in [0.29, 0.717) is 17.4 Å². The summed E-state index contributed by atoms with van der Waals surface area (Å²) in [4.78, 5) is 22.8. The molecule has 2 aliphatic rings. The Balaban J connectivity index is 1.58. The summed E-state index contributed by atoms with van der Waals surface area (Å²) in [6.07, 6.45) is 4.07. The summed E-state index contributed by atoms with van der Waals surface area (Å²) < 4.78 is 10.9. The van der Waals surface area contributed by atoms with Crippen molar-refractivity contribution in [3.05, 3.63) is 54.1 Å². The van der Waals surface area contributed by atoms with Gasteiger partial charge in [-0.1, -0.05) is 36.9 Å². The molecule has 168 valence electrons. The highest BCUT2D eigenvalue weighted by Crippen LogP contribution is 2.41. The van der Waals surface area contributed by atoms with Crippen molar-refractivity contribution >= 4 is 34.1 Å². The number of benzene rings is 2. The van der Waals surface area contributed by atoms with Crippen LogP contribution in [0, 0.1) is 5.92 Å². The normalized spacial score (nSPS) is 22.3. The van der Waals surface area contributed by atoms with E-state index < -0.39 is 5.66 Å². The molecule has 2 aromatic rings. The first kappa shape index (κ1) is 22.4. The lowest BCUT2D eigenvalue weighted by Gasteiger charge is -2.30. The van der Waals surface area contributed by atoms with Gasteiger partial charge in [0.25, 0.3) is 0 Å². The van der Waals surface area contributed by atoms with E-state index in [9.17, 15) is 4.79 Å². The van der Waals surface area contributed by atoms with Crippen LogP contribution in [0.5, 0.6) is 11.5 Å². The maximum absolute atomic E-state index is 12.6. The van der Waals surface area contributed by atoms with E-state index in [1.54, 1.807) is 14.2 Å². The average molecular weight is 452 g/mol. The molecule has 1 heterocycles. The highest BCUT2D eigenvalue weighted by Gasteiger charge is 2.39. The molecule has 0 bridgehead atoms. The van der Waals surface area contributed by atoms with Crippen molar-refractivity contribution in [2.75, 3.05) is 25.3 Å². The van der Waals surface area contributed by atoms with Crippen LogP contribution in [0.1, 0.15) is 38.2 Å². The fraction of sp³-hybridized carbons (Fsp3) is 0.400. The quantitative estimate of drug-likeness (QED) is 0.657. The van der Waals surface area contributed by atoms with E-state index >= 15 is 0 Å². The number of nitrogens with one attached hydrogen (secondary N) is 1. The molecule has 1 saturated carbocycles. The van der Waals surface area contributed by atoms with Gasteiger partial charge in [-0.2, -0.15) is 0 Å². The highest BCUT2D eigenvalue weighted by molar-refractivity contribution is 8.16. The van der Waals surface area contributed by atoms with Gasteiger partial charge in [0, 0.05) is 17.3 Å². The van der Waals surface area contributed by atoms with Gasteiger partial charge in [0.1, 0.15) is 16.5 Å². The summed E-state index contributed by atoms with van der Waals surface area (Å²) in [6, 6.07) is 15.2. The van der Waals surface area contributed by atoms with Crippen LogP contribution < -0.4 is 14.8 Å². The number of carbonyl (C=O) groups excluding carboxylic acids is 1. The molecule has 4 rings (SSSR count). The SMILES string of the molecule is COc1cc(OC)cc(C2=NC3(CCC(C)CC3)N=C2SCC(=O)Nc2ccccc2)c1. The highest BCUT2D eigenvalue weighted by atomic mass is 32.2. The summed E-state index contributed by atoms with van der Waals surface area (Å²) in [5.41, 5.74) is 2.08. The lowest BCUT2D eigenvalue weighted by atomic mass is 9.83. The zero-order valence-corrected chi connectivity index (χ0v) is 19.6. The number of aliphatic imine (C=N–C) groups is 2. The molecule has 6 nitrogen and oxygen atoms in total. The second kappa shape index (κ2) is 9.77. The van der Waals surface area contributed by atoms with Crippen LogP contribution in [0.3, 0.4) is 0 Å². The van der Waals surface area contributed by atoms with E-state index in [-0.39, 0.29) is 11.7 Å². The Morgan fingerprint density at radius 2 is 1.72 bits per heavy atom. The van der Waals surface area contributed by atoms with Crippen molar-refractivity contribution in [3.63, 3.8) is 0 Å². The second-order valence-electron chi connectivity index (χ2n) is 8.35. The van der Waals surface area contributed by atoms with Crippen molar-refractivity contribution < 1.29 is 14.3 Å². The molecule has 1 aliphatic carbocycles. The van der Waals surface area contributed by atoms with E-state index in [2.05, 4.69) is 12.2 Å². The van der Waals surface area contributed by atoms with E-state index in [1.807, 2.05) is 48.5 Å². The van der Waals surface area contributed by atoms with Crippen LogP contribution >= 0.6 is 11.8 Å². The van der Waals surface area contributed by atoms with Crippen LogP contribution in [0.4, 0.5) is 5.69 Å². The zero-order chi connectivity index (χ0) is 22.6. The Morgan fingerprint density at radius 3 is 2.34 bits per heavy atom. The number of carbonyl (C=O) groups is 1. The van der Waals surface area contributed by atoms with Crippen LogP contribution in [0.15, 0.2) is 58.5 Å². The van der Waals surface area contributed by atoms with Gasteiger partial charge < -0.3 is 14.8 Å². The number of nitrogens with zero attached hydrogens (tertiary/aromatic N) is 2. The fourth-order valence-electron chi connectivity index (χ4n) is 4.06. The molecule has 1 fully saturated rings. The average Bonchev–Trinajstić information content (AvgIpc) is 3.18. The van der Waals surface area contributed by atoms with Crippen molar-refractivity contribution in [3.8, 4) is 11.5 Å². The van der Waals surface area contributed by atoms with Gasteiger partial charge in [-0.15, -0.1) is 0 Å². The summed E-state index contributed by atoms with van der Waals surface area (Å²) in [7, 11) is 3.27. The predicted molar refractivity (Wildman–Crippen MR) is 131 cm³/mol. The maximum atomic E-state index is 12.6. The van der Waals surface area contributed by atoms with Crippen molar-refractivity contribution in [1.29, 1.82) is 0 Å². The van der Waals surface area contributed by atoms with E-state index in [1.165, 1.54) is 11.8 Å². The van der Waals surface area contributed by atoms with E-state index in [4.69, 9.17) is 19.5 Å². The molecule has 2 aromatic carbocycles. The monoisotopic (exact) mass is 451 g/mol. The Hall–Kier alpha value is -2.80. The largest absolute Gasteiger partial charge is 0.497 e. The minimum absolute atomic E-state index is 0.0651. The molecular formula is C25H29N3O3S. The number of anilines is 1. The van der Waals surface area contributed by atoms with Crippen LogP contribution in [-0.2, 0) is 4.79 Å². The molecule has 0 radical (unpaired) electrons. The third-order valence-electron chi connectivity index (χ3n) is 5.93. The van der Waals surface area contributed by atoms with Crippen molar-refractivity contribution in [2.24, 2.45) is 15.9 Å². The van der Waals surface area contributed by atoms with Crippen molar-refractivity contribution in [2.45, 2.75) is 38.3 Å². The summed E-state index contributed by atoms with van der Waals surface area (Å²) in [5, 5.41) is 3.74. The number of hydrogen-bond donors (Lipinski definition) is 1. The molecule has 0 atom stereocenters. The Kier molecular flexibility index (Phi) is 6.84. The van der Waals surface area contributed by atoms with Crippen LogP contribution in [0.25, 0.3) is 0 Å². The molecule has 0 saturated heterocycles. The molecule has 1 spiro atoms. The Morgan fingerprint density at radius 1 is 1.06 bits per heavy atom. The zero-order valence-electron chi connectivity index (χ0n) is 18.8. The van der Waals surface area contributed by atoms with Crippen LogP contribution in [-0.4, -0.2) is 42.3 Å². The number of amides is 1. The van der Waals surface area contributed by atoms with Gasteiger partial charge in [0.2, 0.25) is 5.91 Å². The molecule has 32 heavy (non-hydrogen) atoms. The number of rotatable bonds is 6. The number of methoxy groups -OCH3 is 2. The van der Waals surface area contributed by atoms with E-state index in [0.717, 1.165) is 47.7 Å². The molecule has 0 unspecified atom stereocenters. The van der Waals surface area contributed by atoms with Gasteiger partial charge in [-0.05, 0) is 55.9 Å². The standard InChI is InChI=1S/C25H29N3O3S/c1-17-9-11-25(12-10-17)27-23(18-13-20(30-2)15-21(14-18)31-3)24(28-25)32-16-22(29)26-19-7-5-4-6-8-19/h4-8,13-15,17H,9-12,16H2,1-3H3,(H,26,29). The number of hydrogen-bond acceptors (Lipinski definition) is 6. The molecular weight excluding hydrogens is 422 g/mol. The first-order chi connectivity index (χ1) is 15.5. The van der Waals surface area contributed by atoms with Gasteiger partial charge in [-0.25, -0.2) is 4.99 Å². The minimum atomic E-state index is -0.420. The lowest BCUT2D eigenvalue weighted by molar-refractivity contribution is -0.113. The summed E-state index contributed by atoms with van der Waals surface area (Å²) in [5.74, 6) is 2.29. The third-order valence-corrected chi connectivity index (χ3v) is 6.89. The van der Waals surface area contributed by atoms with Gasteiger partial charge in [0.15, 0.2) is 5.66 Å². The van der Waals surface area contributed by atoms with Gasteiger partial charge >= 0.3 is 0 Å². The Labute approximate surface area is 193 Å². The van der Waals surface area contributed by atoms with Gasteiger partial charge in [-0.3, -0.25) is 9.79 Å². The van der Waals surface area contributed by atoms with Crippen LogP contribution in [0.2, 0.25) is 0 Å². The first-order valence-electron chi connectivity index (χ1n) is 10.9. The third kappa shape index (κ3) is 5.15. The Bertz CT molecular complexity index is 1010. The number of thioether (sulfide) groups is 1. The first-order valence-corrected chi connectivity index (χ1v) is 11.9. The molecule has 1 N–H and O–H groups in total. The fourth-order valence-corrected chi connectivity index (χ4v) is 4.93. The van der Waals surface area contributed by atoms with Crippen molar-refractivity contribution in [1.82, 2.24) is 0 Å².